The molecule has 106 valence electrons. The molecule has 0 amide bonds. The highest BCUT2D eigenvalue weighted by Crippen LogP contribution is 2.42. The second-order valence-electron chi connectivity index (χ2n) is 4.79. The van der Waals surface area contributed by atoms with Crippen molar-refractivity contribution in [1.82, 2.24) is 0 Å². The number of benzene rings is 1. The zero-order valence-corrected chi connectivity index (χ0v) is 12.9. The minimum atomic E-state index is 0.655. The normalized spacial score (nSPS) is 19.4. The van der Waals surface area contributed by atoms with Crippen molar-refractivity contribution in [2.45, 2.75) is 58.8 Å². The molecule has 1 atom stereocenters. The third kappa shape index (κ3) is 4.41. The van der Waals surface area contributed by atoms with E-state index in [0.717, 1.165) is 5.75 Å². The zero-order chi connectivity index (χ0) is 14.1. The topological polar surface area (TPSA) is 9.23 Å². The number of rotatable bonds is 5. The maximum atomic E-state index is 5.29. The van der Waals surface area contributed by atoms with Gasteiger partial charge in [-0.05, 0) is 37.0 Å². The molecule has 1 aromatic rings. The van der Waals surface area contributed by atoms with Gasteiger partial charge in [0.2, 0.25) is 0 Å². The molecule has 0 spiro atoms. The van der Waals surface area contributed by atoms with Crippen LogP contribution in [0.1, 0.15) is 64.4 Å². The Hall–Kier alpha value is -1.24. The first-order valence-electron chi connectivity index (χ1n) is 7.68. The molecular formula is C18H28O. The van der Waals surface area contributed by atoms with Gasteiger partial charge < -0.3 is 4.74 Å². The molecule has 0 saturated heterocycles. The van der Waals surface area contributed by atoms with Crippen molar-refractivity contribution in [3.05, 3.63) is 41.5 Å². The van der Waals surface area contributed by atoms with Gasteiger partial charge in [0.25, 0.3) is 0 Å². The van der Waals surface area contributed by atoms with Crippen LogP contribution in [0.2, 0.25) is 0 Å². The number of methoxy groups -OCH3 is 1. The molecule has 1 aromatic carbocycles. The van der Waals surface area contributed by atoms with Crippen molar-refractivity contribution in [3.8, 4) is 5.75 Å². The van der Waals surface area contributed by atoms with Crippen molar-refractivity contribution in [1.29, 1.82) is 0 Å². The van der Waals surface area contributed by atoms with Crippen molar-refractivity contribution in [2.24, 2.45) is 0 Å². The first kappa shape index (κ1) is 15.8. The fraction of sp³-hybridized carbons (Fsp3) is 0.556. The van der Waals surface area contributed by atoms with Gasteiger partial charge in [0, 0.05) is 5.92 Å². The first-order chi connectivity index (χ1) is 9.35. The van der Waals surface area contributed by atoms with Crippen molar-refractivity contribution in [2.75, 3.05) is 7.11 Å². The summed E-state index contributed by atoms with van der Waals surface area (Å²) in [5.74, 6) is 1.63. The average Bonchev–Trinajstić information content (AvgIpc) is 2.45. The summed E-state index contributed by atoms with van der Waals surface area (Å²) in [7, 11) is 1.73. The van der Waals surface area contributed by atoms with Crippen LogP contribution in [0.3, 0.4) is 0 Å². The largest absolute Gasteiger partial charge is 0.497 e. The smallest absolute Gasteiger partial charge is 0.119 e. The molecule has 0 heterocycles. The fourth-order valence-electron chi connectivity index (χ4n) is 2.43. The molecule has 19 heavy (non-hydrogen) atoms. The van der Waals surface area contributed by atoms with Gasteiger partial charge in [0.05, 0.1) is 7.11 Å². The number of unbranched alkanes of at least 4 members (excludes halogenated alkanes) is 2. The highest BCUT2D eigenvalue weighted by atomic mass is 16.5. The molecule has 0 aromatic heterocycles. The minimum absolute atomic E-state index is 0.655. The summed E-state index contributed by atoms with van der Waals surface area (Å²) < 4.78 is 5.29. The van der Waals surface area contributed by atoms with Gasteiger partial charge in [-0.15, -0.1) is 0 Å². The molecular weight excluding hydrogens is 232 g/mol. The maximum Gasteiger partial charge on any atom is 0.119 e. The van der Waals surface area contributed by atoms with Gasteiger partial charge in [0.15, 0.2) is 0 Å². The van der Waals surface area contributed by atoms with Crippen LogP contribution in [-0.2, 0) is 0 Å². The zero-order valence-electron chi connectivity index (χ0n) is 12.9. The van der Waals surface area contributed by atoms with Gasteiger partial charge in [-0.1, -0.05) is 57.4 Å². The van der Waals surface area contributed by atoms with Crippen LogP contribution >= 0.6 is 0 Å². The Morgan fingerprint density at radius 1 is 1.32 bits per heavy atom. The Morgan fingerprint density at radius 2 is 2.11 bits per heavy atom. The quantitative estimate of drug-likeness (QED) is 0.486. The van der Waals surface area contributed by atoms with Crippen LogP contribution in [0.25, 0.3) is 0 Å². The second-order valence-corrected chi connectivity index (χ2v) is 4.79. The summed E-state index contributed by atoms with van der Waals surface area (Å²) in [5, 5.41) is 0. The summed E-state index contributed by atoms with van der Waals surface area (Å²) in [4.78, 5) is 0. The predicted octanol–water partition coefficient (Wildman–Crippen LogP) is 5.72. The molecule has 0 aliphatic heterocycles. The number of ether oxygens (including phenoxy) is 1. The minimum Gasteiger partial charge on any atom is -0.497 e. The average molecular weight is 260 g/mol. The molecule has 1 heteroatoms. The Bertz CT molecular complexity index is 392. The van der Waals surface area contributed by atoms with Crippen LogP contribution in [0.4, 0.5) is 0 Å². The molecule has 1 fully saturated rings. The molecule has 1 aliphatic carbocycles. The Balaban J connectivity index is 0.000000861. The lowest BCUT2D eigenvalue weighted by molar-refractivity contribution is 0.413. The summed E-state index contributed by atoms with van der Waals surface area (Å²) in [6.07, 6.45) is 8.88. The Morgan fingerprint density at radius 3 is 2.68 bits per heavy atom. The van der Waals surface area contributed by atoms with Crippen LogP contribution in [0.5, 0.6) is 5.75 Å². The standard InChI is InChI=1S/C16H22O.C2H6/c1-3-4-5-7-13-10-11-16(13)14-8-6-9-15(12-14)17-2;1-2/h6-9,12,16H,3-5,10-11H2,1-2H3;1-2H3/b13-7+;. The van der Waals surface area contributed by atoms with Crippen molar-refractivity contribution in [3.63, 3.8) is 0 Å². The lowest BCUT2D eigenvalue weighted by Crippen LogP contribution is -2.13. The molecule has 1 unspecified atom stereocenters. The number of hydrogen-bond donors (Lipinski definition) is 0. The van der Waals surface area contributed by atoms with Crippen LogP contribution in [0, 0.1) is 0 Å². The summed E-state index contributed by atoms with van der Waals surface area (Å²) in [6.45, 7) is 6.25. The fourth-order valence-corrected chi connectivity index (χ4v) is 2.43. The van der Waals surface area contributed by atoms with E-state index in [9.17, 15) is 0 Å². The van der Waals surface area contributed by atoms with Gasteiger partial charge in [-0.2, -0.15) is 0 Å². The molecule has 1 saturated carbocycles. The van der Waals surface area contributed by atoms with E-state index in [-0.39, 0.29) is 0 Å². The first-order valence-corrected chi connectivity index (χ1v) is 7.68. The Labute approximate surface area is 118 Å². The summed E-state index contributed by atoms with van der Waals surface area (Å²) in [5.41, 5.74) is 3.05. The van der Waals surface area contributed by atoms with Gasteiger partial charge in [-0.25, -0.2) is 0 Å². The van der Waals surface area contributed by atoms with Crippen LogP contribution in [0.15, 0.2) is 35.9 Å². The third-order valence-corrected chi connectivity index (χ3v) is 3.63. The van der Waals surface area contributed by atoms with Gasteiger partial charge >= 0.3 is 0 Å². The lowest BCUT2D eigenvalue weighted by Gasteiger charge is -2.31. The van der Waals surface area contributed by atoms with Gasteiger partial charge in [-0.3, -0.25) is 0 Å². The molecule has 1 aliphatic rings. The molecule has 0 radical (unpaired) electrons. The van der Waals surface area contributed by atoms with E-state index in [1.54, 1.807) is 12.7 Å². The number of hydrogen-bond acceptors (Lipinski definition) is 1. The second kappa shape index (κ2) is 8.79. The summed E-state index contributed by atoms with van der Waals surface area (Å²) >= 11 is 0. The van der Waals surface area contributed by atoms with Crippen molar-refractivity contribution < 1.29 is 4.74 Å². The van der Waals surface area contributed by atoms with E-state index in [1.807, 2.05) is 19.9 Å². The molecule has 1 nitrogen and oxygen atoms in total. The highest BCUT2D eigenvalue weighted by Gasteiger charge is 2.25. The van der Waals surface area contributed by atoms with E-state index in [2.05, 4.69) is 31.2 Å². The SMILES string of the molecule is CC.CCCC/C=C1\CCC1c1cccc(OC)c1. The van der Waals surface area contributed by atoms with Gasteiger partial charge in [0.1, 0.15) is 5.75 Å². The van der Waals surface area contributed by atoms with E-state index in [4.69, 9.17) is 4.74 Å². The van der Waals surface area contributed by atoms with E-state index >= 15 is 0 Å². The molecule has 2 rings (SSSR count). The van der Waals surface area contributed by atoms with E-state index in [0.29, 0.717) is 5.92 Å². The summed E-state index contributed by atoms with van der Waals surface area (Å²) in [6, 6.07) is 8.51. The lowest BCUT2D eigenvalue weighted by atomic mass is 9.74. The highest BCUT2D eigenvalue weighted by molar-refractivity contribution is 5.38. The van der Waals surface area contributed by atoms with Crippen molar-refractivity contribution >= 4 is 0 Å². The molecule has 0 bridgehead atoms. The monoisotopic (exact) mass is 260 g/mol. The van der Waals surface area contributed by atoms with E-state index < -0.39 is 0 Å². The number of allylic oxidation sites excluding steroid dienone is 2. The third-order valence-electron chi connectivity index (χ3n) is 3.63. The maximum absolute atomic E-state index is 5.29. The molecule has 0 N–H and O–H groups in total. The van der Waals surface area contributed by atoms with Crippen LogP contribution < -0.4 is 4.74 Å². The predicted molar refractivity (Wildman–Crippen MR) is 83.9 cm³/mol. The van der Waals surface area contributed by atoms with E-state index in [1.165, 1.54) is 37.7 Å². The van der Waals surface area contributed by atoms with Crippen LogP contribution in [-0.4, -0.2) is 7.11 Å². The Kier molecular flexibility index (Phi) is 7.32.